The molecule has 19 heavy (non-hydrogen) atoms. The van der Waals surface area contributed by atoms with E-state index in [2.05, 4.69) is 0 Å². The van der Waals surface area contributed by atoms with Gasteiger partial charge < -0.3 is 5.73 Å². The zero-order valence-electron chi connectivity index (χ0n) is 11.8. The van der Waals surface area contributed by atoms with Gasteiger partial charge in [-0.1, -0.05) is 19.3 Å². The first-order chi connectivity index (χ1) is 8.53. The van der Waals surface area contributed by atoms with Crippen molar-refractivity contribution in [3.63, 3.8) is 0 Å². The molecule has 0 aromatic heterocycles. The lowest BCUT2D eigenvalue weighted by Crippen LogP contribution is -2.38. The van der Waals surface area contributed by atoms with Gasteiger partial charge in [0.1, 0.15) is 0 Å². The van der Waals surface area contributed by atoms with Crippen LogP contribution in [0.25, 0.3) is 0 Å². The molecule has 1 aliphatic carbocycles. The van der Waals surface area contributed by atoms with Crippen LogP contribution >= 0.6 is 12.4 Å². The zero-order chi connectivity index (χ0) is 13.2. The van der Waals surface area contributed by atoms with Crippen LogP contribution in [-0.4, -0.2) is 37.6 Å². The minimum Gasteiger partial charge on any atom is -0.330 e. The third-order valence-corrected chi connectivity index (χ3v) is 6.58. The molecule has 0 aromatic carbocycles. The molecule has 0 bridgehead atoms. The van der Waals surface area contributed by atoms with Crippen molar-refractivity contribution in [2.75, 3.05) is 18.8 Å². The van der Waals surface area contributed by atoms with E-state index in [-0.39, 0.29) is 18.4 Å². The minimum absolute atomic E-state index is 0. The highest BCUT2D eigenvalue weighted by Crippen LogP contribution is 2.30. The first-order valence-corrected chi connectivity index (χ1v) is 8.83. The third-order valence-electron chi connectivity index (χ3n) is 4.47. The van der Waals surface area contributed by atoms with E-state index in [9.17, 15) is 8.42 Å². The smallest absolute Gasteiger partial charge is 0.214 e. The Morgan fingerprint density at radius 2 is 1.79 bits per heavy atom. The van der Waals surface area contributed by atoms with Crippen LogP contribution in [-0.2, 0) is 10.0 Å². The fourth-order valence-corrected chi connectivity index (χ4v) is 5.61. The van der Waals surface area contributed by atoms with Gasteiger partial charge in [-0.2, -0.15) is 4.31 Å². The second-order valence-electron chi connectivity index (χ2n) is 6.04. The number of sulfonamides is 1. The normalized spacial score (nSPS) is 30.2. The quantitative estimate of drug-likeness (QED) is 0.863. The lowest BCUT2D eigenvalue weighted by atomic mass is 9.91. The van der Waals surface area contributed by atoms with Gasteiger partial charge in [0.05, 0.1) is 5.75 Å². The number of hydrogen-bond donors (Lipinski definition) is 1. The molecule has 2 rings (SSSR count). The summed E-state index contributed by atoms with van der Waals surface area (Å²) in [5.41, 5.74) is 5.66. The molecule has 1 saturated heterocycles. The van der Waals surface area contributed by atoms with Crippen LogP contribution in [0, 0.1) is 11.8 Å². The predicted octanol–water partition coefficient (Wildman–Crippen LogP) is 1.99. The van der Waals surface area contributed by atoms with Crippen LogP contribution in [0.5, 0.6) is 0 Å². The fourth-order valence-electron chi connectivity index (χ4n) is 3.41. The standard InChI is InChI=1S/C13H26N2O2S.ClH/c1-11-7-13(8-14)9-15(11)18(16,17)10-12-5-3-2-4-6-12;/h11-13H,2-10,14H2,1H3;1H. The Balaban J connectivity index is 0.00000180. The molecule has 2 atom stereocenters. The summed E-state index contributed by atoms with van der Waals surface area (Å²) in [6.45, 7) is 3.24. The number of nitrogens with zero attached hydrogens (tertiary/aromatic N) is 1. The lowest BCUT2D eigenvalue weighted by Gasteiger charge is -2.26. The van der Waals surface area contributed by atoms with Gasteiger partial charge in [-0.25, -0.2) is 8.42 Å². The maximum absolute atomic E-state index is 12.5. The van der Waals surface area contributed by atoms with Crippen molar-refractivity contribution < 1.29 is 8.42 Å². The topological polar surface area (TPSA) is 63.4 Å². The van der Waals surface area contributed by atoms with Gasteiger partial charge in [-0.05, 0) is 44.6 Å². The van der Waals surface area contributed by atoms with E-state index in [1.165, 1.54) is 19.3 Å². The molecule has 4 nitrogen and oxygen atoms in total. The molecule has 114 valence electrons. The van der Waals surface area contributed by atoms with Crippen LogP contribution < -0.4 is 5.73 Å². The van der Waals surface area contributed by atoms with Gasteiger partial charge in [0.2, 0.25) is 10.0 Å². The van der Waals surface area contributed by atoms with E-state index in [1.54, 1.807) is 4.31 Å². The van der Waals surface area contributed by atoms with Crippen LogP contribution in [0.1, 0.15) is 45.4 Å². The first-order valence-electron chi connectivity index (χ1n) is 7.22. The molecule has 0 aromatic rings. The highest BCUT2D eigenvalue weighted by molar-refractivity contribution is 7.89. The van der Waals surface area contributed by atoms with Crippen LogP contribution in [0.4, 0.5) is 0 Å². The number of rotatable bonds is 4. The minimum atomic E-state index is -3.07. The molecule has 0 spiro atoms. The van der Waals surface area contributed by atoms with Crippen molar-refractivity contribution in [1.82, 2.24) is 4.31 Å². The summed E-state index contributed by atoms with van der Waals surface area (Å²) in [6.07, 6.45) is 6.75. The molecule has 2 unspecified atom stereocenters. The average Bonchev–Trinajstić information content (AvgIpc) is 2.72. The summed E-state index contributed by atoms with van der Waals surface area (Å²) in [5.74, 6) is 1.09. The summed E-state index contributed by atoms with van der Waals surface area (Å²) in [4.78, 5) is 0. The SMILES string of the molecule is CC1CC(CN)CN1S(=O)(=O)CC1CCCCC1.Cl. The van der Waals surface area contributed by atoms with Gasteiger partial charge in [-0.15, -0.1) is 12.4 Å². The largest absolute Gasteiger partial charge is 0.330 e. The second-order valence-corrected chi connectivity index (χ2v) is 8.00. The highest BCUT2D eigenvalue weighted by Gasteiger charge is 2.37. The van der Waals surface area contributed by atoms with Crippen LogP contribution in [0.15, 0.2) is 0 Å². The molecule has 1 heterocycles. The summed E-state index contributed by atoms with van der Waals surface area (Å²) in [5, 5.41) is 0. The molecule has 2 N–H and O–H groups in total. The van der Waals surface area contributed by atoms with Crippen molar-refractivity contribution in [1.29, 1.82) is 0 Å². The van der Waals surface area contributed by atoms with Gasteiger partial charge in [0.15, 0.2) is 0 Å². The zero-order valence-corrected chi connectivity index (χ0v) is 13.4. The highest BCUT2D eigenvalue weighted by atomic mass is 35.5. The van der Waals surface area contributed by atoms with Crippen molar-refractivity contribution in [3.8, 4) is 0 Å². The van der Waals surface area contributed by atoms with E-state index in [0.29, 0.717) is 30.7 Å². The average molecular weight is 311 g/mol. The van der Waals surface area contributed by atoms with Gasteiger partial charge >= 0.3 is 0 Å². The monoisotopic (exact) mass is 310 g/mol. The van der Waals surface area contributed by atoms with Crippen molar-refractivity contribution in [3.05, 3.63) is 0 Å². The number of nitrogens with two attached hydrogens (primary N) is 1. The van der Waals surface area contributed by atoms with E-state index in [1.807, 2.05) is 6.92 Å². The Morgan fingerprint density at radius 1 is 1.16 bits per heavy atom. The maximum Gasteiger partial charge on any atom is 0.214 e. The van der Waals surface area contributed by atoms with E-state index >= 15 is 0 Å². The molecule has 2 aliphatic rings. The Hall–Kier alpha value is 0.160. The Labute approximate surface area is 123 Å². The van der Waals surface area contributed by atoms with Crippen LogP contribution in [0.2, 0.25) is 0 Å². The fraction of sp³-hybridized carbons (Fsp3) is 1.00. The van der Waals surface area contributed by atoms with E-state index in [0.717, 1.165) is 19.3 Å². The number of halogens is 1. The maximum atomic E-state index is 12.5. The van der Waals surface area contributed by atoms with Crippen molar-refractivity contribution in [2.24, 2.45) is 17.6 Å². The molecule has 1 saturated carbocycles. The van der Waals surface area contributed by atoms with E-state index < -0.39 is 10.0 Å². The summed E-state index contributed by atoms with van der Waals surface area (Å²) < 4.78 is 26.6. The predicted molar refractivity (Wildman–Crippen MR) is 80.9 cm³/mol. The molecular formula is C13H27ClN2O2S. The third kappa shape index (κ3) is 4.31. The van der Waals surface area contributed by atoms with Gasteiger partial charge in [0.25, 0.3) is 0 Å². The summed E-state index contributed by atoms with van der Waals surface area (Å²) in [6, 6.07) is 0.132. The molecule has 0 radical (unpaired) electrons. The Bertz CT molecular complexity index is 369. The molecule has 2 fully saturated rings. The Kier molecular flexibility index (Phi) is 6.57. The molecule has 1 aliphatic heterocycles. The Morgan fingerprint density at radius 3 is 2.32 bits per heavy atom. The summed E-state index contributed by atoms with van der Waals surface area (Å²) >= 11 is 0. The molecule has 6 heteroatoms. The second kappa shape index (κ2) is 7.25. The van der Waals surface area contributed by atoms with E-state index in [4.69, 9.17) is 5.73 Å². The molecule has 0 amide bonds. The van der Waals surface area contributed by atoms with Crippen LogP contribution in [0.3, 0.4) is 0 Å². The van der Waals surface area contributed by atoms with Gasteiger partial charge in [0, 0.05) is 12.6 Å². The lowest BCUT2D eigenvalue weighted by molar-refractivity contribution is 0.362. The van der Waals surface area contributed by atoms with Crippen molar-refractivity contribution >= 4 is 22.4 Å². The number of hydrogen-bond acceptors (Lipinski definition) is 3. The van der Waals surface area contributed by atoms with Gasteiger partial charge in [-0.3, -0.25) is 0 Å². The van der Waals surface area contributed by atoms with Crippen molar-refractivity contribution in [2.45, 2.75) is 51.5 Å². The first kappa shape index (κ1) is 17.2. The molecular weight excluding hydrogens is 284 g/mol. The summed E-state index contributed by atoms with van der Waals surface area (Å²) in [7, 11) is -3.07.